The van der Waals surface area contributed by atoms with Gasteiger partial charge in [0.1, 0.15) is 23.1 Å². The molecule has 2 heterocycles. The molecule has 0 aliphatic carbocycles. The first-order valence-corrected chi connectivity index (χ1v) is 8.63. The van der Waals surface area contributed by atoms with Crippen molar-refractivity contribution in [3.63, 3.8) is 0 Å². The number of nitrogens with one attached hydrogen (secondary N) is 1. The van der Waals surface area contributed by atoms with E-state index in [1.807, 2.05) is 6.07 Å². The normalized spacial score (nSPS) is 10.8. The highest BCUT2D eigenvalue weighted by Gasteiger charge is 2.21. The van der Waals surface area contributed by atoms with E-state index in [1.54, 1.807) is 31.2 Å². The molecule has 0 amide bonds. The van der Waals surface area contributed by atoms with Gasteiger partial charge in [-0.05, 0) is 48.9 Å². The predicted molar refractivity (Wildman–Crippen MR) is 105 cm³/mol. The number of pyridine rings is 1. The molecule has 4 rings (SSSR count). The summed E-state index contributed by atoms with van der Waals surface area (Å²) in [6.07, 6.45) is 0. The highest BCUT2D eigenvalue weighted by Crippen LogP contribution is 2.37. The second kappa shape index (κ2) is 6.80. The number of hydrogen-bond donors (Lipinski definition) is 2. The average molecular weight is 390 g/mol. The molecule has 4 aromatic rings. The molecule has 0 atom stereocenters. The number of aromatic hydroxyl groups is 1. The first-order chi connectivity index (χ1) is 13.9. The third kappa shape index (κ3) is 2.89. The summed E-state index contributed by atoms with van der Waals surface area (Å²) in [4.78, 5) is 15.4. The third-order valence-electron chi connectivity index (χ3n) is 4.67. The van der Waals surface area contributed by atoms with Crippen molar-refractivity contribution >= 4 is 11.0 Å². The van der Waals surface area contributed by atoms with Crippen molar-refractivity contribution in [1.29, 1.82) is 5.26 Å². The van der Waals surface area contributed by atoms with E-state index in [9.17, 15) is 19.6 Å². The fourth-order valence-corrected chi connectivity index (χ4v) is 3.35. The van der Waals surface area contributed by atoms with Crippen molar-refractivity contribution < 1.29 is 14.2 Å². The zero-order valence-electron chi connectivity index (χ0n) is 15.5. The predicted octanol–water partition coefficient (Wildman–Crippen LogP) is 3.41. The number of aryl methyl sites for hydroxylation is 1. The molecular weight excluding hydrogens is 375 g/mol. The number of phenolic OH excluding ortho intramolecular Hbond substituents is 1. The zero-order chi connectivity index (χ0) is 20.7. The topological polar surface area (TPSA) is 104 Å². The first kappa shape index (κ1) is 18.3. The molecule has 0 fully saturated rings. The van der Waals surface area contributed by atoms with Gasteiger partial charge in [-0.2, -0.15) is 10.4 Å². The summed E-state index contributed by atoms with van der Waals surface area (Å²) in [5.41, 5.74) is 1.75. The van der Waals surface area contributed by atoms with Crippen molar-refractivity contribution in [3.8, 4) is 34.4 Å². The minimum Gasteiger partial charge on any atom is -0.504 e. The van der Waals surface area contributed by atoms with Gasteiger partial charge in [-0.15, -0.1) is 0 Å². The van der Waals surface area contributed by atoms with Crippen LogP contribution in [-0.2, 0) is 0 Å². The van der Waals surface area contributed by atoms with Crippen molar-refractivity contribution in [1.82, 2.24) is 14.8 Å². The molecule has 0 saturated heterocycles. The lowest BCUT2D eigenvalue weighted by Gasteiger charge is -2.10. The van der Waals surface area contributed by atoms with Crippen LogP contribution in [0, 0.1) is 24.1 Å². The standard InChI is InChI=1S/C21H15FN4O3/c1-11-18-19(12-3-8-16(27)17(9-12)29-2)15(10-23)21(28)24-20(18)26(25-11)14-6-4-13(22)5-7-14/h3-9,27H,1-2H3,(H,24,28). The summed E-state index contributed by atoms with van der Waals surface area (Å²) in [5, 5.41) is 24.6. The molecule has 2 aromatic carbocycles. The maximum atomic E-state index is 13.3. The van der Waals surface area contributed by atoms with Crippen molar-refractivity contribution in [2.45, 2.75) is 6.92 Å². The van der Waals surface area contributed by atoms with E-state index in [4.69, 9.17) is 4.74 Å². The number of fused-ring (bicyclic) bond motifs is 1. The van der Waals surface area contributed by atoms with Crippen molar-refractivity contribution in [3.05, 3.63) is 69.9 Å². The Morgan fingerprint density at radius 2 is 1.97 bits per heavy atom. The number of rotatable bonds is 3. The first-order valence-electron chi connectivity index (χ1n) is 8.63. The lowest BCUT2D eigenvalue weighted by Crippen LogP contribution is -2.13. The number of aromatic amines is 1. The van der Waals surface area contributed by atoms with Crippen LogP contribution in [0.2, 0.25) is 0 Å². The summed E-state index contributed by atoms with van der Waals surface area (Å²) < 4.78 is 20.0. The number of methoxy groups -OCH3 is 1. The van der Waals surface area contributed by atoms with Gasteiger partial charge in [0.05, 0.1) is 18.5 Å². The van der Waals surface area contributed by atoms with Gasteiger partial charge in [0.2, 0.25) is 0 Å². The molecule has 0 spiro atoms. The quantitative estimate of drug-likeness (QED) is 0.558. The summed E-state index contributed by atoms with van der Waals surface area (Å²) in [6.45, 7) is 1.75. The molecule has 0 bridgehead atoms. The van der Waals surface area contributed by atoms with Gasteiger partial charge in [-0.1, -0.05) is 6.07 Å². The van der Waals surface area contributed by atoms with Crippen LogP contribution >= 0.6 is 0 Å². The Labute approximate surface area is 164 Å². The van der Waals surface area contributed by atoms with Crippen LogP contribution in [0.15, 0.2) is 47.3 Å². The SMILES string of the molecule is COc1cc(-c2c(C#N)c(=O)[nH]c3c2c(C)nn3-c2ccc(F)cc2)ccc1O. The molecule has 0 radical (unpaired) electrons. The molecule has 2 N–H and O–H groups in total. The van der Waals surface area contributed by atoms with Gasteiger partial charge in [0.25, 0.3) is 5.56 Å². The Morgan fingerprint density at radius 3 is 2.62 bits per heavy atom. The van der Waals surface area contributed by atoms with Crippen LogP contribution in [0.5, 0.6) is 11.5 Å². The summed E-state index contributed by atoms with van der Waals surface area (Å²) in [6, 6.07) is 12.2. The van der Waals surface area contributed by atoms with Crippen LogP contribution in [0.4, 0.5) is 4.39 Å². The summed E-state index contributed by atoms with van der Waals surface area (Å²) in [5.74, 6) is -0.239. The minimum absolute atomic E-state index is 0.0606. The van der Waals surface area contributed by atoms with Crippen molar-refractivity contribution in [2.75, 3.05) is 7.11 Å². The van der Waals surface area contributed by atoms with Crippen LogP contribution in [0.25, 0.3) is 27.8 Å². The monoisotopic (exact) mass is 390 g/mol. The van der Waals surface area contributed by atoms with E-state index in [0.29, 0.717) is 33.5 Å². The molecule has 2 aromatic heterocycles. The summed E-state index contributed by atoms with van der Waals surface area (Å²) >= 11 is 0. The number of nitrogens with zero attached hydrogens (tertiary/aromatic N) is 3. The molecule has 144 valence electrons. The average Bonchev–Trinajstić information content (AvgIpc) is 3.04. The maximum absolute atomic E-state index is 13.3. The fourth-order valence-electron chi connectivity index (χ4n) is 3.35. The number of halogens is 1. The fraction of sp³-hybridized carbons (Fsp3) is 0.0952. The third-order valence-corrected chi connectivity index (χ3v) is 4.67. The Bertz CT molecular complexity index is 1350. The number of H-pyrrole nitrogens is 1. The van der Waals surface area contributed by atoms with Crippen molar-refractivity contribution in [2.24, 2.45) is 0 Å². The van der Waals surface area contributed by atoms with Gasteiger partial charge in [-0.25, -0.2) is 9.07 Å². The van der Waals surface area contributed by atoms with Gasteiger partial charge < -0.3 is 14.8 Å². The Balaban J connectivity index is 2.10. The number of nitriles is 1. The number of aromatic nitrogens is 3. The van der Waals surface area contributed by atoms with E-state index in [2.05, 4.69) is 10.1 Å². The Morgan fingerprint density at radius 1 is 1.24 bits per heavy atom. The number of phenols is 1. The number of ether oxygens (including phenoxy) is 1. The van der Waals surface area contributed by atoms with Crippen LogP contribution in [-0.4, -0.2) is 27.0 Å². The molecule has 0 aliphatic rings. The van der Waals surface area contributed by atoms with E-state index in [0.717, 1.165) is 0 Å². The highest BCUT2D eigenvalue weighted by atomic mass is 19.1. The van der Waals surface area contributed by atoms with Crippen LogP contribution in [0.3, 0.4) is 0 Å². The number of benzene rings is 2. The molecule has 0 aliphatic heterocycles. The summed E-state index contributed by atoms with van der Waals surface area (Å²) in [7, 11) is 1.41. The largest absolute Gasteiger partial charge is 0.504 e. The lowest BCUT2D eigenvalue weighted by atomic mass is 9.97. The Hall–Kier alpha value is -4.12. The lowest BCUT2D eigenvalue weighted by molar-refractivity contribution is 0.373. The molecule has 7 nitrogen and oxygen atoms in total. The van der Waals surface area contributed by atoms with E-state index in [1.165, 1.54) is 30.0 Å². The van der Waals surface area contributed by atoms with Gasteiger partial charge in [0.15, 0.2) is 11.5 Å². The second-order valence-electron chi connectivity index (χ2n) is 6.40. The highest BCUT2D eigenvalue weighted by molar-refractivity contribution is 5.98. The molecule has 0 unspecified atom stereocenters. The molecule has 8 heteroatoms. The van der Waals surface area contributed by atoms with Gasteiger partial charge in [-0.3, -0.25) is 4.79 Å². The molecular formula is C21H15FN4O3. The van der Waals surface area contributed by atoms with Crippen LogP contribution in [0.1, 0.15) is 11.3 Å². The maximum Gasteiger partial charge on any atom is 0.268 e. The van der Waals surface area contributed by atoms with Crippen LogP contribution < -0.4 is 10.3 Å². The van der Waals surface area contributed by atoms with E-state index >= 15 is 0 Å². The molecule has 0 saturated carbocycles. The van der Waals surface area contributed by atoms with E-state index < -0.39 is 5.56 Å². The smallest absolute Gasteiger partial charge is 0.268 e. The zero-order valence-corrected chi connectivity index (χ0v) is 15.5. The Kier molecular flexibility index (Phi) is 4.28. The second-order valence-corrected chi connectivity index (χ2v) is 6.40. The minimum atomic E-state index is -0.578. The molecule has 29 heavy (non-hydrogen) atoms. The number of hydrogen-bond acceptors (Lipinski definition) is 5. The van der Waals surface area contributed by atoms with Gasteiger partial charge in [0, 0.05) is 10.9 Å². The van der Waals surface area contributed by atoms with E-state index in [-0.39, 0.29) is 22.9 Å². The van der Waals surface area contributed by atoms with Gasteiger partial charge >= 0.3 is 0 Å².